The largest absolute Gasteiger partial charge is 0.478 e. The SMILES string of the molecule is CC(CC1CCCCC1)C(=O)N1CCc2ccc(C(=O)O)cc2C1. The van der Waals surface area contributed by atoms with E-state index < -0.39 is 5.97 Å². The van der Waals surface area contributed by atoms with Crippen molar-refractivity contribution in [2.24, 2.45) is 11.8 Å². The number of carboxylic acids is 1. The van der Waals surface area contributed by atoms with Crippen LogP contribution in [0, 0.1) is 11.8 Å². The smallest absolute Gasteiger partial charge is 0.335 e. The molecule has 1 amide bonds. The normalized spacial score (nSPS) is 19.6. The molecule has 130 valence electrons. The second kappa shape index (κ2) is 7.37. The van der Waals surface area contributed by atoms with Crippen LogP contribution in [0.2, 0.25) is 0 Å². The fraction of sp³-hybridized carbons (Fsp3) is 0.600. The number of amides is 1. The fourth-order valence-electron chi connectivity index (χ4n) is 4.21. The summed E-state index contributed by atoms with van der Waals surface area (Å²) in [7, 11) is 0. The molecule has 1 N–H and O–H groups in total. The van der Waals surface area contributed by atoms with Crippen LogP contribution in [-0.4, -0.2) is 28.4 Å². The maximum atomic E-state index is 12.8. The van der Waals surface area contributed by atoms with Gasteiger partial charge in [-0.05, 0) is 42.0 Å². The Balaban J connectivity index is 1.64. The van der Waals surface area contributed by atoms with Crippen LogP contribution >= 0.6 is 0 Å². The van der Waals surface area contributed by atoms with Crippen molar-refractivity contribution in [1.29, 1.82) is 0 Å². The van der Waals surface area contributed by atoms with E-state index in [1.165, 1.54) is 37.7 Å². The molecule has 4 nitrogen and oxygen atoms in total. The fourth-order valence-corrected chi connectivity index (χ4v) is 4.21. The predicted molar refractivity (Wildman–Crippen MR) is 92.9 cm³/mol. The first kappa shape index (κ1) is 17.0. The van der Waals surface area contributed by atoms with Gasteiger partial charge in [0.25, 0.3) is 0 Å². The minimum atomic E-state index is -0.910. The van der Waals surface area contributed by atoms with Crippen LogP contribution in [0.3, 0.4) is 0 Å². The Morgan fingerprint density at radius 2 is 1.96 bits per heavy atom. The van der Waals surface area contributed by atoms with Crippen molar-refractivity contribution in [3.05, 3.63) is 34.9 Å². The Labute approximate surface area is 143 Å². The van der Waals surface area contributed by atoms with Gasteiger partial charge in [-0.3, -0.25) is 4.79 Å². The molecule has 0 bridgehead atoms. The molecule has 1 aliphatic heterocycles. The summed E-state index contributed by atoms with van der Waals surface area (Å²) in [5, 5.41) is 9.15. The molecular weight excluding hydrogens is 302 g/mol. The van der Waals surface area contributed by atoms with Crippen LogP contribution in [0.4, 0.5) is 0 Å². The molecule has 1 unspecified atom stereocenters. The summed E-state index contributed by atoms with van der Waals surface area (Å²) in [6.07, 6.45) is 8.30. The second-order valence-corrected chi connectivity index (χ2v) is 7.44. The summed E-state index contributed by atoms with van der Waals surface area (Å²) in [6.45, 7) is 3.34. The summed E-state index contributed by atoms with van der Waals surface area (Å²) in [6, 6.07) is 5.28. The molecule has 0 saturated heterocycles. The zero-order chi connectivity index (χ0) is 17.1. The molecule has 24 heavy (non-hydrogen) atoms. The number of fused-ring (bicyclic) bond motifs is 1. The highest BCUT2D eigenvalue weighted by Gasteiger charge is 2.27. The molecular formula is C20H27NO3. The molecule has 1 aromatic carbocycles. The highest BCUT2D eigenvalue weighted by molar-refractivity contribution is 5.88. The zero-order valence-corrected chi connectivity index (χ0v) is 14.5. The van der Waals surface area contributed by atoms with Crippen LogP contribution in [0.15, 0.2) is 18.2 Å². The number of hydrogen-bond acceptors (Lipinski definition) is 2. The molecule has 4 heteroatoms. The van der Waals surface area contributed by atoms with Gasteiger partial charge in [0.2, 0.25) is 5.91 Å². The van der Waals surface area contributed by atoms with Crippen molar-refractivity contribution < 1.29 is 14.7 Å². The molecule has 1 aromatic rings. The molecule has 3 rings (SSSR count). The van der Waals surface area contributed by atoms with E-state index in [1.54, 1.807) is 12.1 Å². The third kappa shape index (κ3) is 3.80. The van der Waals surface area contributed by atoms with E-state index in [0.717, 1.165) is 24.9 Å². The van der Waals surface area contributed by atoms with Crippen LogP contribution < -0.4 is 0 Å². The van der Waals surface area contributed by atoms with Crippen molar-refractivity contribution in [2.75, 3.05) is 6.54 Å². The van der Waals surface area contributed by atoms with E-state index in [1.807, 2.05) is 11.0 Å². The lowest BCUT2D eigenvalue weighted by atomic mass is 9.82. The summed E-state index contributed by atoms with van der Waals surface area (Å²) < 4.78 is 0. The maximum absolute atomic E-state index is 12.8. The molecule has 0 radical (unpaired) electrons. The lowest BCUT2D eigenvalue weighted by Gasteiger charge is -2.32. The van der Waals surface area contributed by atoms with Crippen molar-refractivity contribution >= 4 is 11.9 Å². The standard InChI is InChI=1S/C20H27NO3/c1-14(11-15-5-3-2-4-6-15)19(22)21-10-9-16-7-8-17(20(23)24)12-18(16)13-21/h7-8,12,14-15H,2-6,9-11,13H2,1H3,(H,23,24). The monoisotopic (exact) mass is 329 g/mol. The van der Waals surface area contributed by atoms with Crippen molar-refractivity contribution in [3.8, 4) is 0 Å². The number of nitrogens with zero attached hydrogens (tertiary/aromatic N) is 1. The molecule has 2 aliphatic rings. The Bertz CT molecular complexity index is 619. The summed E-state index contributed by atoms with van der Waals surface area (Å²) >= 11 is 0. The molecule has 1 atom stereocenters. The first-order valence-corrected chi connectivity index (χ1v) is 9.18. The van der Waals surface area contributed by atoms with Gasteiger partial charge >= 0.3 is 5.97 Å². The molecule has 1 heterocycles. The first-order valence-electron chi connectivity index (χ1n) is 9.18. The number of rotatable bonds is 4. The Kier molecular flexibility index (Phi) is 5.22. The minimum absolute atomic E-state index is 0.0670. The maximum Gasteiger partial charge on any atom is 0.335 e. The van der Waals surface area contributed by atoms with E-state index in [-0.39, 0.29) is 11.8 Å². The van der Waals surface area contributed by atoms with E-state index in [4.69, 9.17) is 5.11 Å². The molecule has 0 spiro atoms. The highest BCUT2D eigenvalue weighted by atomic mass is 16.4. The number of hydrogen-bond donors (Lipinski definition) is 1. The van der Waals surface area contributed by atoms with E-state index in [2.05, 4.69) is 6.92 Å². The quantitative estimate of drug-likeness (QED) is 0.912. The number of aromatic carboxylic acids is 1. The Morgan fingerprint density at radius 3 is 2.67 bits per heavy atom. The van der Waals surface area contributed by atoms with Crippen LogP contribution in [0.5, 0.6) is 0 Å². The van der Waals surface area contributed by atoms with Gasteiger partial charge in [0, 0.05) is 19.0 Å². The van der Waals surface area contributed by atoms with E-state index in [9.17, 15) is 9.59 Å². The minimum Gasteiger partial charge on any atom is -0.478 e. The van der Waals surface area contributed by atoms with Crippen molar-refractivity contribution in [1.82, 2.24) is 4.90 Å². The van der Waals surface area contributed by atoms with Crippen LogP contribution in [-0.2, 0) is 17.8 Å². The van der Waals surface area contributed by atoms with Gasteiger partial charge in [-0.25, -0.2) is 4.79 Å². The number of benzene rings is 1. The van der Waals surface area contributed by atoms with E-state index in [0.29, 0.717) is 18.0 Å². The average Bonchev–Trinajstić information content (AvgIpc) is 2.60. The lowest BCUT2D eigenvalue weighted by Crippen LogP contribution is -2.39. The zero-order valence-electron chi connectivity index (χ0n) is 14.5. The highest BCUT2D eigenvalue weighted by Crippen LogP contribution is 2.30. The van der Waals surface area contributed by atoms with E-state index >= 15 is 0 Å². The van der Waals surface area contributed by atoms with Gasteiger partial charge in [-0.15, -0.1) is 0 Å². The molecule has 1 saturated carbocycles. The first-order chi connectivity index (χ1) is 11.5. The summed E-state index contributed by atoms with van der Waals surface area (Å²) in [5.74, 6) is 0.0876. The summed E-state index contributed by atoms with van der Waals surface area (Å²) in [5.41, 5.74) is 2.46. The van der Waals surface area contributed by atoms with Crippen LogP contribution in [0.1, 0.15) is 66.9 Å². The predicted octanol–water partition coefficient (Wildman–Crippen LogP) is 3.88. The third-order valence-electron chi connectivity index (χ3n) is 5.61. The van der Waals surface area contributed by atoms with Gasteiger partial charge in [-0.2, -0.15) is 0 Å². The third-order valence-corrected chi connectivity index (χ3v) is 5.61. The number of carboxylic acid groups (broad SMARTS) is 1. The van der Waals surface area contributed by atoms with Crippen molar-refractivity contribution in [3.63, 3.8) is 0 Å². The Hall–Kier alpha value is -1.84. The molecule has 0 aromatic heterocycles. The summed E-state index contributed by atoms with van der Waals surface area (Å²) in [4.78, 5) is 25.9. The lowest BCUT2D eigenvalue weighted by molar-refractivity contribution is -0.136. The van der Waals surface area contributed by atoms with Gasteiger partial charge in [0.1, 0.15) is 0 Å². The van der Waals surface area contributed by atoms with Gasteiger partial charge in [0.15, 0.2) is 0 Å². The van der Waals surface area contributed by atoms with Gasteiger partial charge in [0.05, 0.1) is 5.56 Å². The molecule has 1 aliphatic carbocycles. The average molecular weight is 329 g/mol. The van der Waals surface area contributed by atoms with Gasteiger partial charge < -0.3 is 10.0 Å². The topological polar surface area (TPSA) is 57.6 Å². The van der Waals surface area contributed by atoms with Gasteiger partial charge in [-0.1, -0.05) is 45.1 Å². The van der Waals surface area contributed by atoms with Crippen LogP contribution in [0.25, 0.3) is 0 Å². The van der Waals surface area contributed by atoms with Crippen molar-refractivity contribution in [2.45, 2.75) is 58.4 Å². The molecule has 1 fully saturated rings. The number of carbonyl (C=O) groups is 2. The Morgan fingerprint density at radius 1 is 1.21 bits per heavy atom. The second-order valence-electron chi connectivity index (χ2n) is 7.44. The number of carbonyl (C=O) groups excluding carboxylic acids is 1.